The number of rotatable bonds is 4. The van der Waals surface area contributed by atoms with Gasteiger partial charge in [0.15, 0.2) is 0 Å². The fourth-order valence-corrected chi connectivity index (χ4v) is 1.88. The first-order valence-corrected chi connectivity index (χ1v) is 6.51. The number of hydrogen-bond acceptors (Lipinski definition) is 2. The maximum Gasteiger partial charge on any atom is 0.0414 e. The predicted octanol–water partition coefficient (Wildman–Crippen LogP) is 3.49. The van der Waals surface area contributed by atoms with Crippen molar-refractivity contribution in [1.29, 1.82) is 0 Å². The molecule has 0 aliphatic carbocycles. The van der Waals surface area contributed by atoms with E-state index in [2.05, 4.69) is 50.7 Å². The molecule has 2 nitrogen and oxygen atoms in total. The maximum atomic E-state index is 4.66. The molecule has 0 saturated heterocycles. The first-order valence-electron chi connectivity index (χ1n) is 6.51. The lowest BCUT2D eigenvalue weighted by molar-refractivity contribution is 0.231. The minimum Gasteiger partial charge on any atom is -0.297 e. The lowest BCUT2D eigenvalue weighted by Crippen LogP contribution is -2.36. The monoisotopic (exact) mass is 222 g/mol. The maximum absolute atomic E-state index is 4.66. The Morgan fingerprint density at radius 3 is 2.56 bits per heavy atom. The Bertz CT molecular complexity index is 276. The lowest BCUT2D eigenvalue weighted by atomic mass is 10.1. The molecule has 0 radical (unpaired) electrons. The minimum atomic E-state index is 0.600. The summed E-state index contributed by atoms with van der Waals surface area (Å²) < 4.78 is 0. The molecule has 1 unspecified atom stereocenters. The molecule has 0 fully saturated rings. The second kappa shape index (κ2) is 6.19. The van der Waals surface area contributed by atoms with Gasteiger partial charge in [-0.05, 0) is 38.7 Å². The third-order valence-corrected chi connectivity index (χ3v) is 3.43. The van der Waals surface area contributed by atoms with Crippen molar-refractivity contribution in [2.75, 3.05) is 13.1 Å². The van der Waals surface area contributed by atoms with Crippen molar-refractivity contribution < 1.29 is 0 Å². The van der Waals surface area contributed by atoms with E-state index >= 15 is 0 Å². The summed E-state index contributed by atoms with van der Waals surface area (Å²) >= 11 is 0. The number of nitrogens with zero attached hydrogens (tertiary/aromatic N) is 2. The highest BCUT2D eigenvalue weighted by Gasteiger charge is 2.17. The second-order valence-electron chi connectivity index (χ2n) is 5.20. The van der Waals surface area contributed by atoms with Gasteiger partial charge >= 0.3 is 0 Å². The zero-order valence-electron chi connectivity index (χ0n) is 11.5. The van der Waals surface area contributed by atoms with Crippen molar-refractivity contribution in [3.8, 4) is 0 Å². The van der Waals surface area contributed by atoms with Crippen molar-refractivity contribution in [1.82, 2.24) is 4.90 Å². The Balaban J connectivity index is 2.62. The summed E-state index contributed by atoms with van der Waals surface area (Å²) in [6, 6.07) is 0.648. The molecule has 0 bridgehead atoms. The Morgan fingerprint density at radius 2 is 2.06 bits per heavy atom. The zero-order valence-corrected chi connectivity index (χ0v) is 11.5. The smallest absolute Gasteiger partial charge is 0.0414 e. The van der Waals surface area contributed by atoms with Crippen molar-refractivity contribution in [3.63, 3.8) is 0 Å². The minimum absolute atomic E-state index is 0.600. The van der Waals surface area contributed by atoms with Gasteiger partial charge in [0.25, 0.3) is 0 Å². The van der Waals surface area contributed by atoms with E-state index in [9.17, 15) is 0 Å². The van der Waals surface area contributed by atoms with E-state index in [-0.39, 0.29) is 0 Å². The van der Waals surface area contributed by atoms with Crippen LogP contribution in [0.5, 0.6) is 0 Å². The van der Waals surface area contributed by atoms with Gasteiger partial charge in [0.1, 0.15) is 0 Å². The number of aliphatic imine (C=N–C) groups is 1. The largest absolute Gasteiger partial charge is 0.297 e. The van der Waals surface area contributed by atoms with Crippen LogP contribution in [0.3, 0.4) is 0 Å². The molecule has 2 heteroatoms. The van der Waals surface area contributed by atoms with Crippen molar-refractivity contribution >= 4 is 6.21 Å². The molecule has 1 heterocycles. The van der Waals surface area contributed by atoms with Crippen LogP contribution in [0, 0.1) is 5.92 Å². The van der Waals surface area contributed by atoms with E-state index in [0.29, 0.717) is 12.0 Å². The predicted molar refractivity (Wildman–Crippen MR) is 72.0 cm³/mol. The summed E-state index contributed by atoms with van der Waals surface area (Å²) in [6.07, 6.45) is 4.40. The van der Waals surface area contributed by atoms with Gasteiger partial charge in [-0.3, -0.25) is 9.89 Å². The first-order chi connectivity index (χ1) is 7.54. The van der Waals surface area contributed by atoms with Gasteiger partial charge in [-0.2, -0.15) is 0 Å². The van der Waals surface area contributed by atoms with Crippen LogP contribution in [-0.4, -0.2) is 30.2 Å². The standard InChI is InChI=1S/C14H26N2/c1-6-12(4)9-15-14-7-8-16(11(2)3)10-13(14)5/h9,11-12H,6-8,10H2,1-5H3. The third kappa shape index (κ3) is 3.75. The van der Waals surface area contributed by atoms with Gasteiger partial charge in [-0.15, -0.1) is 0 Å². The average molecular weight is 222 g/mol. The molecule has 1 aliphatic rings. The SMILES string of the molecule is CCC(C)C=NC1=C(C)CN(C(C)C)CC1. The summed E-state index contributed by atoms with van der Waals surface area (Å²) in [6.45, 7) is 13.4. The van der Waals surface area contributed by atoms with Crippen LogP contribution in [0.25, 0.3) is 0 Å². The van der Waals surface area contributed by atoms with Crippen LogP contribution in [0.15, 0.2) is 16.3 Å². The molecular weight excluding hydrogens is 196 g/mol. The molecule has 0 aromatic rings. The molecule has 0 spiro atoms. The Labute approximate surface area is 100 Å². The van der Waals surface area contributed by atoms with E-state index in [1.807, 2.05) is 0 Å². The van der Waals surface area contributed by atoms with Gasteiger partial charge in [0, 0.05) is 37.5 Å². The van der Waals surface area contributed by atoms with E-state index < -0.39 is 0 Å². The quantitative estimate of drug-likeness (QED) is 0.665. The third-order valence-electron chi connectivity index (χ3n) is 3.43. The molecule has 0 N–H and O–H groups in total. The molecule has 0 aromatic heterocycles. The number of hydrogen-bond donors (Lipinski definition) is 0. The fourth-order valence-electron chi connectivity index (χ4n) is 1.88. The van der Waals surface area contributed by atoms with Gasteiger partial charge in [0.2, 0.25) is 0 Å². The summed E-state index contributed by atoms with van der Waals surface area (Å²) in [7, 11) is 0. The Hall–Kier alpha value is -0.630. The normalized spacial score (nSPS) is 21.1. The molecular formula is C14H26N2. The molecule has 0 saturated carbocycles. The van der Waals surface area contributed by atoms with Gasteiger partial charge in [-0.25, -0.2) is 0 Å². The fraction of sp³-hybridized carbons (Fsp3) is 0.786. The van der Waals surface area contributed by atoms with Crippen LogP contribution < -0.4 is 0 Å². The van der Waals surface area contributed by atoms with Gasteiger partial charge in [-0.1, -0.05) is 13.8 Å². The van der Waals surface area contributed by atoms with E-state index in [1.165, 1.54) is 17.7 Å². The molecule has 1 atom stereocenters. The molecule has 0 amide bonds. The molecule has 1 rings (SSSR count). The topological polar surface area (TPSA) is 15.6 Å². The molecule has 1 aliphatic heterocycles. The van der Waals surface area contributed by atoms with E-state index in [1.54, 1.807) is 0 Å². The highest BCUT2D eigenvalue weighted by Crippen LogP contribution is 2.20. The Kier molecular flexibility index (Phi) is 5.20. The van der Waals surface area contributed by atoms with Gasteiger partial charge < -0.3 is 0 Å². The molecule has 92 valence electrons. The van der Waals surface area contributed by atoms with E-state index in [0.717, 1.165) is 19.5 Å². The van der Waals surface area contributed by atoms with Crippen molar-refractivity contribution in [2.24, 2.45) is 10.9 Å². The lowest BCUT2D eigenvalue weighted by Gasteiger charge is -2.31. The van der Waals surface area contributed by atoms with Crippen LogP contribution >= 0.6 is 0 Å². The van der Waals surface area contributed by atoms with Gasteiger partial charge in [0.05, 0.1) is 0 Å². The summed E-state index contributed by atoms with van der Waals surface area (Å²) in [4.78, 5) is 7.17. The average Bonchev–Trinajstić information content (AvgIpc) is 2.26. The van der Waals surface area contributed by atoms with Crippen LogP contribution in [0.1, 0.15) is 47.5 Å². The second-order valence-corrected chi connectivity index (χ2v) is 5.20. The molecule has 0 aromatic carbocycles. The van der Waals surface area contributed by atoms with Crippen molar-refractivity contribution in [2.45, 2.75) is 53.5 Å². The van der Waals surface area contributed by atoms with Crippen molar-refractivity contribution in [3.05, 3.63) is 11.3 Å². The Morgan fingerprint density at radius 1 is 1.38 bits per heavy atom. The highest BCUT2D eigenvalue weighted by atomic mass is 15.2. The zero-order chi connectivity index (χ0) is 12.1. The van der Waals surface area contributed by atoms with E-state index in [4.69, 9.17) is 0 Å². The van der Waals surface area contributed by atoms with Crippen LogP contribution in [-0.2, 0) is 0 Å². The highest BCUT2D eigenvalue weighted by molar-refractivity contribution is 5.61. The van der Waals surface area contributed by atoms with Crippen LogP contribution in [0.4, 0.5) is 0 Å². The first kappa shape index (κ1) is 13.4. The summed E-state index contributed by atoms with van der Waals surface area (Å²) in [5.74, 6) is 0.600. The molecule has 16 heavy (non-hydrogen) atoms. The van der Waals surface area contributed by atoms with Crippen LogP contribution in [0.2, 0.25) is 0 Å². The summed E-state index contributed by atoms with van der Waals surface area (Å²) in [5.41, 5.74) is 2.76. The summed E-state index contributed by atoms with van der Waals surface area (Å²) in [5, 5.41) is 0.